The Labute approximate surface area is 156 Å². The van der Waals surface area contributed by atoms with Gasteiger partial charge in [-0.3, -0.25) is 9.59 Å². The van der Waals surface area contributed by atoms with Crippen molar-refractivity contribution in [2.45, 2.75) is 6.92 Å². The number of rotatable bonds is 2. The fourth-order valence-corrected chi connectivity index (χ4v) is 3.49. The van der Waals surface area contributed by atoms with Crippen LogP contribution in [0.4, 0.5) is 4.39 Å². The number of aromatic amines is 1. The predicted molar refractivity (Wildman–Crippen MR) is 101 cm³/mol. The van der Waals surface area contributed by atoms with Crippen molar-refractivity contribution in [3.05, 3.63) is 71.2 Å². The van der Waals surface area contributed by atoms with Gasteiger partial charge < -0.3 is 14.8 Å². The van der Waals surface area contributed by atoms with Crippen molar-refractivity contribution in [2.75, 3.05) is 26.2 Å². The molecule has 138 valence electrons. The maximum Gasteiger partial charge on any atom is 0.256 e. The normalized spacial score (nSPS) is 14.6. The first kappa shape index (κ1) is 17.3. The molecule has 1 fully saturated rings. The molecule has 1 N–H and O–H groups in total. The third kappa shape index (κ3) is 3.18. The highest BCUT2D eigenvalue weighted by atomic mass is 19.1. The van der Waals surface area contributed by atoms with Gasteiger partial charge in [-0.05, 0) is 36.8 Å². The molecule has 2 aromatic carbocycles. The molecule has 0 saturated carbocycles. The first-order valence-electron chi connectivity index (χ1n) is 8.95. The molecular weight excluding hydrogens is 345 g/mol. The topological polar surface area (TPSA) is 56.4 Å². The molecular formula is C21H20FN3O2. The summed E-state index contributed by atoms with van der Waals surface area (Å²) in [6, 6.07) is 12.1. The van der Waals surface area contributed by atoms with Crippen molar-refractivity contribution in [1.29, 1.82) is 0 Å². The quantitative estimate of drug-likeness (QED) is 0.758. The van der Waals surface area contributed by atoms with Gasteiger partial charge in [-0.15, -0.1) is 0 Å². The Bertz CT molecular complexity index is 1020. The molecule has 0 spiro atoms. The van der Waals surface area contributed by atoms with Gasteiger partial charge in [0, 0.05) is 48.8 Å². The second-order valence-electron chi connectivity index (χ2n) is 6.80. The average Bonchev–Trinajstić information content (AvgIpc) is 3.13. The van der Waals surface area contributed by atoms with Crippen molar-refractivity contribution < 1.29 is 14.0 Å². The number of aryl methyl sites for hydroxylation is 1. The summed E-state index contributed by atoms with van der Waals surface area (Å²) in [6.07, 6.45) is 1.74. The number of hydrogen-bond acceptors (Lipinski definition) is 2. The minimum absolute atomic E-state index is 0.0304. The fourth-order valence-electron chi connectivity index (χ4n) is 3.49. The number of fused-ring (bicyclic) bond motifs is 1. The summed E-state index contributed by atoms with van der Waals surface area (Å²) in [6.45, 7) is 3.52. The number of nitrogens with zero attached hydrogens (tertiary/aromatic N) is 2. The third-order valence-corrected chi connectivity index (χ3v) is 5.08. The zero-order valence-corrected chi connectivity index (χ0v) is 15.0. The number of nitrogens with one attached hydrogen (secondary N) is 1. The molecule has 0 bridgehead atoms. The molecule has 0 aliphatic carbocycles. The minimum atomic E-state index is -0.319. The average molecular weight is 365 g/mol. The number of benzene rings is 2. The molecule has 6 heteroatoms. The van der Waals surface area contributed by atoms with E-state index in [9.17, 15) is 14.0 Å². The number of para-hydroxylation sites is 1. The Balaban J connectivity index is 1.44. The van der Waals surface area contributed by atoms with Crippen LogP contribution in [0.1, 0.15) is 26.3 Å². The predicted octanol–water partition coefficient (Wildman–Crippen LogP) is 3.21. The summed E-state index contributed by atoms with van der Waals surface area (Å²) in [7, 11) is 0. The molecule has 1 saturated heterocycles. The van der Waals surface area contributed by atoms with E-state index in [1.165, 1.54) is 12.1 Å². The van der Waals surface area contributed by atoms with E-state index < -0.39 is 0 Å². The van der Waals surface area contributed by atoms with Crippen molar-refractivity contribution in [3.8, 4) is 0 Å². The highest BCUT2D eigenvalue weighted by Gasteiger charge is 2.26. The highest BCUT2D eigenvalue weighted by molar-refractivity contribution is 6.06. The third-order valence-electron chi connectivity index (χ3n) is 5.08. The van der Waals surface area contributed by atoms with Crippen LogP contribution in [0.3, 0.4) is 0 Å². The molecule has 5 nitrogen and oxygen atoms in total. The van der Waals surface area contributed by atoms with Crippen molar-refractivity contribution in [1.82, 2.24) is 14.8 Å². The Morgan fingerprint density at radius 2 is 1.63 bits per heavy atom. The summed E-state index contributed by atoms with van der Waals surface area (Å²) in [4.78, 5) is 32.1. The van der Waals surface area contributed by atoms with Gasteiger partial charge >= 0.3 is 0 Å². The Kier molecular flexibility index (Phi) is 4.39. The monoisotopic (exact) mass is 365 g/mol. The standard InChI is InChI=1S/C21H20FN3O2/c1-14-12-15(6-7-18(14)22)20(26)24-8-10-25(11-9-24)21(27)17-13-23-19-5-3-2-4-16(17)19/h2-7,12-13,23H,8-11H2,1H3. The number of H-pyrrole nitrogens is 1. The van der Waals surface area contributed by atoms with Gasteiger partial charge in [0.05, 0.1) is 5.56 Å². The van der Waals surface area contributed by atoms with Crippen LogP contribution in [0.15, 0.2) is 48.7 Å². The first-order valence-corrected chi connectivity index (χ1v) is 8.95. The number of carbonyl (C=O) groups is 2. The van der Waals surface area contributed by atoms with E-state index in [1.807, 2.05) is 24.3 Å². The lowest BCUT2D eigenvalue weighted by Gasteiger charge is -2.34. The maximum absolute atomic E-state index is 13.4. The summed E-state index contributed by atoms with van der Waals surface area (Å²) in [5.41, 5.74) is 2.51. The molecule has 1 aliphatic heterocycles. The largest absolute Gasteiger partial charge is 0.360 e. The molecule has 4 rings (SSSR count). The summed E-state index contributed by atoms with van der Waals surface area (Å²) < 4.78 is 13.4. The van der Waals surface area contributed by atoms with Gasteiger partial charge in [0.25, 0.3) is 11.8 Å². The zero-order chi connectivity index (χ0) is 19.0. The molecule has 27 heavy (non-hydrogen) atoms. The number of hydrogen-bond donors (Lipinski definition) is 1. The minimum Gasteiger partial charge on any atom is -0.360 e. The van der Waals surface area contributed by atoms with Gasteiger partial charge in [-0.1, -0.05) is 18.2 Å². The molecule has 0 radical (unpaired) electrons. The number of aromatic nitrogens is 1. The summed E-state index contributed by atoms with van der Waals surface area (Å²) in [5.74, 6) is -0.477. The SMILES string of the molecule is Cc1cc(C(=O)N2CCN(C(=O)c3c[nH]c4ccccc34)CC2)ccc1F. The fraction of sp³-hybridized carbons (Fsp3) is 0.238. The molecule has 1 aliphatic rings. The Morgan fingerprint density at radius 1 is 0.963 bits per heavy atom. The molecule has 0 unspecified atom stereocenters. The Hall–Kier alpha value is -3.15. The van der Waals surface area contributed by atoms with E-state index in [0.717, 1.165) is 10.9 Å². The Morgan fingerprint density at radius 3 is 2.33 bits per heavy atom. The van der Waals surface area contributed by atoms with E-state index >= 15 is 0 Å². The smallest absolute Gasteiger partial charge is 0.256 e. The van der Waals surface area contributed by atoms with Crippen molar-refractivity contribution >= 4 is 22.7 Å². The number of carbonyl (C=O) groups excluding carboxylic acids is 2. The number of piperazine rings is 1. The molecule has 0 atom stereocenters. The lowest BCUT2D eigenvalue weighted by molar-refractivity contribution is 0.0536. The number of amides is 2. The van der Waals surface area contributed by atoms with Crippen LogP contribution in [-0.2, 0) is 0 Å². The second-order valence-corrected chi connectivity index (χ2v) is 6.80. The lowest BCUT2D eigenvalue weighted by Crippen LogP contribution is -2.50. The second kappa shape index (κ2) is 6.87. The van der Waals surface area contributed by atoms with Gasteiger partial charge in [0.15, 0.2) is 0 Å². The maximum atomic E-state index is 13.4. The van der Waals surface area contributed by atoms with E-state index in [1.54, 1.807) is 29.0 Å². The van der Waals surface area contributed by atoms with Crippen molar-refractivity contribution in [2.24, 2.45) is 0 Å². The summed E-state index contributed by atoms with van der Waals surface area (Å²) in [5, 5.41) is 0.905. The van der Waals surface area contributed by atoms with Crippen molar-refractivity contribution in [3.63, 3.8) is 0 Å². The van der Waals surface area contributed by atoms with Crippen LogP contribution in [0, 0.1) is 12.7 Å². The van der Waals surface area contributed by atoms with Gasteiger partial charge in [-0.25, -0.2) is 4.39 Å². The number of halogens is 1. The van der Waals surface area contributed by atoms with Crippen LogP contribution in [-0.4, -0.2) is 52.8 Å². The first-order chi connectivity index (χ1) is 13.0. The van der Waals surface area contributed by atoms with Crippen LogP contribution < -0.4 is 0 Å². The molecule has 2 heterocycles. The highest BCUT2D eigenvalue weighted by Crippen LogP contribution is 2.20. The van der Waals surface area contributed by atoms with Gasteiger partial charge in [0.1, 0.15) is 5.82 Å². The van der Waals surface area contributed by atoms with Crippen LogP contribution in [0.25, 0.3) is 10.9 Å². The van der Waals surface area contributed by atoms with E-state index in [-0.39, 0.29) is 17.6 Å². The van der Waals surface area contributed by atoms with Crippen LogP contribution in [0.5, 0.6) is 0 Å². The molecule has 1 aromatic heterocycles. The van der Waals surface area contributed by atoms with Gasteiger partial charge in [0.2, 0.25) is 0 Å². The van der Waals surface area contributed by atoms with E-state index in [2.05, 4.69) is 4.98 Å². The van der Waals surface area contributed by atoms with Crippen LogP contribution >= 0.6 is 0 Å². The van der Waals surface area contributed by atoms with E-state index in [4.69, 9.17) is 0 Å². The van der Waals surface area contributed by atoms with E-state index in [0.29, 0.717) is 42.9 Å². The molecule has 2 amide bonds. The lowest BCUT2D eigenvalue weighted by atomic mass is 10.1. The molecule has 3 aromatic rings. The van der Waals surface area contributed by atoms with Gasteiger partial charge in [-0.2, -0.15) is 0 Å². The zero-order valence-electron chi connectivity index (χ0n) is 15.0. The summed E-state index contributed by atoms with van der Waals surface area (Å²) >= 11 is 0. The van der Waals surface area contributed by atoms with Crippen LogP contribution in [0.2, 0.25) is 0 Å².